The maximum Gasteiger partial charge on any atom is 0.254 e. The molecule has 0 unspecified atom stereocenters. The van der Waals surface area contributed by atoms with Crippen molar-refractivity contribution in [2.75, 3.05) is 13.1 Å². The van der Waals surface area contributed by atoms with Crippen LogP contribution < -0.4 is 5.73 Å². The molecule has 0 bridgehead atoms. The van der Waals surface area contributed by atoms with E-state index in [-0.39, 0.29) is 5.91 Å². The van der Waals surface area contributed by atoms with Crippen molar-refractivity contribution in [1.82, 2.24) is 4.90 Å². The fraction of sp³-hybridized carbons (Fsp3) is 0.500. The van der Waals surface area contributed by atoms with Gasteiger partial charge in [0.05, 0.1) is 6.54 Å². The molecule has 0 saturated heterocycles. The Hall–Kier alpha value is -1.79. The van der Waals surface area contributed by atoms with E-state index >= 15 is 0 Å². The Morgan fingerprint density at radius 3 is 2.71 bits per heavy atom. The number of hydrogen-bond donors (Lipinski definition) is 1. The van der Waals surface area contributed by atoms with Crippen LogP contribution in [-0.2, 0) is 0 Å². The first-order valence-electron chi connectivity index (χ1n) is 7.78. The summed E-state index contributed by atoms with van der Waals surface area (Å²) in [6.45, 7) is 5.14. The van der Waals surface area contributed by atoms with E-state index < -0.39 is 0 Å². The van der Waals surface area contributed by atoms with Crippen LogP contribution in [-0.4, -0.2) is 29.9 Å². The highest BCUT2D eigenvalue weighted by molar-refractivity contribution is 5.96. The summed E-state index contributed by atoms with van der Waals surface area (Å²) in [6.07, 6.45) is 4.72. The molecule has 0 heterocycles. The van der Waals surface area contributed by atoms with Crippen molar-refractivity contribution in [1.29, 1.82) is 0 Å². The van der Waals surface area contributed by atoms with Crippen molar-refractivity contribution in [3.63, 3.8) is 0 Å². The van der Waals surface area contributed by atoms with Gasteiger partial charge in [0.15, 0.2) is 0 Å². The van der Waals surface area contributed by atoms with E-state index in [4.69, 9.17) is 5.73 Å². The molecule has 3 nitrogen and oxygen atoms in total. The number of carbonyl (C=O) groups excluding carboxylic acids is 1. The average molecular weight is 284 g/mol. The van der Waals surface area contributed by atoms with Gasteiger partial charge < -0.3 is 10.6 Å². The fourth-order valence-corrected chi connectivity index (χ4v) is 3.02. The lowest BCUT2D eigenvalue weighted by Crippen LogP contribution is -2.39. The number of nitrogens with zero attached hydrogens (tertiary/aromatic N) is 1. The molecule has 0 spiro atoms. The van der Waals surface area contributed by atoms with Crippen molar-refractivity contribution < 1.29 is 4.79 Å². The lowest BCUT2D eigenvalue weighted by molar-refractivity contribution is 0.0693. The lowest BCUT2D eigenvalue weighted by atomic mass is 10.0. The van der Waals surface area contributed by atoms with Crippen molar-refractivity contribution >= 4 is 5.91 Å². The van der Waals surface area contributed by atoms with Crippen LogP contribution in [0.4, 0.5) is 0 Å². The quantitative estimate of drug-likeness (QED) is 0.868. The zero-order valence-corrected chi connectivity index (χ0v) is 13.0. The molecule has 0 radical (unpaired) electrons. The molecule has 0 aromatic heterocycles. The van der Waals surface area contributed by atoms with Gasteiger partial charge in [-0.1, -0.05) is 30.7 Å². The van der Waals surface area contributed by atoms with Crippen molar-refractivity contribution in [3.05, 3.63) is 34.9 Å². The Bertz CT molecular complexity index is 562. The Morgan fingerprint density at radius 1 is 1.38 bits per heavy atom. The molecular formula is C18H24N2O. The maximum absolute atomic E-state index is 12.9. The third-order valence-corrected chi connectivity index (χ3v) is 4.17. The van der Waals surface area contributed by atoms with Gasteiger partial charge in [-0.3, -0.25) is 4.79 Å². The van der Waals surface area contributed by atoms with Crippen LogP contribution in [0, 0.1) is 18.8 Å². The molecule has 21 heavy (non-hydrogen) atoms. The molecule has 3 heteroatoms. The topological polar surface area (TPSA) is 46.3 Å². The van der Waals surface area contributed by atoms with Crippen molar-refractivity contribution in [3.8, 4) is 11.8 Å². The second kappa shape index (κ2) is 7.28. The highest BCUT2D eigenvalue weighted by Gasteiger charge is 2.26. The second-order valence-corrected chi connectivity index (χ2v) is 5.57. The maximum atomic E-state index is 12.9. The highest BCUT2D eigenvalue weighted by atomic mass is 16.2. The van der Waals surface area contributed by atoms with E-state index in [1.54, 1.807) is 0 Å². The molecule has 1 amide bonds. The van der Waals surface area contributed by atoms with Gasteiger partial charge in [-0.15, -0.1) is 0 Å². The molecule has 2 N–H and O–H groups in total. The Morgan fingerprint density at radius 2 is 2.10 bits per heavy atom. The summed E-state index contributed by atoms with van der Waals surface area (Å²) in [6, 6.07) is 6.22. The van der Waals surface area contributed by atoms with Crippen molar-refractivity contribution in [2.45, 2.75) is 45.6 Å². The predicted molar refractivity (Wildman–Crippen MR) is 86.1 cm³/mol. The first-order valence-corrected chi connectivity index (χ1v) is 7.78. The van der Waals surface area contributed by atoms with Gasteiger partial charge in [0, 0.05) is 23.7 Å². The Labute approximate surface area is 127 Å². The van der Waals surface area contributed by atoms with Crippen LogP contribution >= 0.6 is 0 Å². The summed E-state index contributed by atoms with van der Waals surface area (Å²) in [5.74, 6) is 5.99. The number of rotatable bonds is 3. The minimum absolute atomic E-state index is 0.137. The fourth-order valence-electron chi connectivity index (χ4n) is 3.02. The van der Waals surface area contributed by atoms with E-state index in [0.717, 1.165) is 36.1 Å². The summed E-state index contributed by atoms with van der Waals surface area (Å²) >= 11 is 0. The predicted octanol–water partition coefficient (Wildman–Crippen LogP) is 2.71. The monoisotopic (exact) mass is 284 g/mol. The summed E-state index contributed by atoms with van der Waals surface area (Å²) < 4.78 is 0. The molecule has 1 fully saturated rings. The van der Waals surface area contributed by atoms with Gasteiger partial charge in [-0.05, 0) is 44.4 Å². The number of nitrogens with two attached hydrogens (primary N) is 1. The molecule has 1 aromatic carbocycles. The van der Waals surface area contributed by atoms with Gasteiger partial charge in [0.25, 0.3) is 5.91 Å². The van der Waals surface area contributed by atoms with E-state index in [0.29, 0.717) is 12.6 Å². The lowest BCUT2D eigenvalue weighted by Gasteiger charge is -2.28. The molecule has 112 valence electrons. The summed E-state index contributed by atoms with van der Waals surface area (Å²) in [7, 11) is 0. The van der Waals surface area contributed by atoms with Crippen LogP contribution in [0.3, 0.4) is 0 Å². The number of aryl methyl sites for hydroxylation is 1. The molecule has 1 saturated carbocycles. The standard InChI is InChI=1S/C18H24N2O/c1-3-20(16-8-4-5-9-16)18(21)17-13-15(7-6-12-19)11-10-14(17)2/h10-11,13,16H,3-5,8-9,12,19H2,1-2H3. The van der Waals surface area contributed by atoms with Crippen LogP contribution in [0.15, 0.2) is 18.2 Å². The number of amides is 1. The molecule has 0 aliphatic heterocycles. The van der Waals surface area contributed by atoms with E-state index in [9.17, 15) is 4.79 Å². The third kappa shape index (κ3) is 3.65. The third-order valence-electron chi connectivity index (χ3n) is 4.17. The zero-order valence-electron chi connectivity index (χ0n) is 13.0. The van der Waals surface area contributed by atoms with Crippen LogP contribution in [0.2, 0.25) is 0 Å². The Kier molecular flexibility index (Phi) is 5.41. The smallest absolute Gasteiger partial charge is 0.254 e. The molecule has 1 aliphatic carbocycles. The number of hydrogen-bond acceptors (Lipinski definition) is 2. The zero-order chi connectivity index (χ0) is 15.2. The molecule has 2 rings (SSSR count). The number of benzene rings is 1. The van der Waals surface area contributed by atoms with Gasteiger partial charge in [0.1, 0.15) is 0 Å². The van der Waals surface area contributed by atoms with Gasteiger partial charge >= 0.3 is 0 Å². The van der Waals surface area contributed by atoms with Gasteiger partial charge in [0.2, 0.25) is 0 Å². The Balaban J connectivity index is 2.27. The first-order chi connectivity index (χ1) is 10.2. The van der Waals surface area contributed by atoms with Gasteiger partial charge in [-0.25, -0.2) is 0 Å². The van der Waals surface area contributed by atoms with Crippen LogP contribution in [0.1, 0.15) is 54.1 Å². The minimum atomic E-state index is 0.137. The molecule has 0 atom stereocenters. The SMILES string of the molecule is CCN(C(=O)c1cc(C#CCN)ccc1C)C1CCCC1. The molecular weight excluding hydrogens is 260 g/mol. The average Bonchev–Trinajstić information content (AvgIpc) is 3.01. The van der Waals surface area contributed by atoms with E-state index in [2.05, 4.69) is 18.8 Å². The minimum Gasteiger partial charge on any atom is -0.336 e. The summed E-state index contributed by atoms with van der Waals surface area (Å²) in [4.78, 5) is 14.9. The normalized spacial score (nSPS) is 14.6. The van der Waals surface area contributed by atoms with E-state index in [1.165, 1.54) is 12.8 Å². The number of carbonyl (C=O) groups is 1. The molecule has 1 aliphatic rings. The van der Waals surface area contributed by atoms with Crippen LogP contribution in [0.5, 0.6) is 0 Å². The van der Waals surface area contributed by atoms with Gasteiger partial charge in [-0.2, -0.15) is 0 Å². The first kappa shape index (κ1) is 15.6. The van der Waals surface area contributed by atoms with Crippen molar-refractivity contribution in [2.24, 2.45) is 5.73 Å². The second-order valence-electron chi connectivity index (χ2n) is 5.57. The van der Waals surface area contributed by atoms with E-state index in [1.807, 2.05) is 30.0 Å². The summed E-state index contributed by atoms with van der Waals surface area (Å²) in [5, 5.41) is 0. The highest BCUT2D eigenvalue weighted by Crippen LogP contribution is 2.25. The summed E-state index contributed by atoms with van der Waals surface area (Å²) in [5.41, 5.74) is 8.05. The molecule has 1 aromatic rings. The largest absolute Gasteiger partial charge is 0.336 e. The van der Waals surface area contributed by atoms with Crippen LogP contribution in [0.25, 0.3) is 0 Å².